The molecule has 1 heterocycles. The van der Waals surface area contributed by atoms with E-state index in [1.165, 1.54) is 14.0 Å². The van der Waals surface area contributed by atoms with Gasteiger partial charge in [-0.1, -0.05) is 11.6 Å². The minimum absolute atomic E-state index is 0.124. The first-order chi connectivity index (χ1) is 12.3. The minimum atomic E-state index is -1.71. The molecule has 2 aromatic carbocycles. The molecular weight excluding hydrogens is 366 g/mol. The molecule has 136 valence electrons. The SMILES string of the molecule is COc1ccc(Cl)cc1CN1C(=O)N[C@](C)(c2cc(F)ccc2F)C1=O. The second-order valence-corrected chi connectivity index (χ2v) is 6.46. The van der Waals surface area contributed by atoms with Crippen LogP contribution in [0.1, 0.15) is 18.1 Å². The maximum absolute atomic E-state index is 14.2. The van der Waals surface area contributed by atoms with Crippen LogP contribution in [-0.2, 0) is 16.9 Å². The second kappa shape index (κ2) is 6.57. The highest BCUT2D eigenvalue weighted by molar-refractivity contribution is 6.30. The van der Waals surface area contributed by atoms with Crippen LogP contribution in [0.15, 0.2) is 36.4 Å². The van der Waals surface area contributed by atoms with Gasteiger partial charge in [0.2, 0.25) is 0 Å². The van der Waals surface area contributed by atoms with Crippen molar-refractivity contribution in [3.63, 3.8) is 0 Å². The standard InChI is InChI=1S/C18H15ClF2N2O3/c1-18(13-8-12(20)4-5-14(13)21)16(24)23(17(25)22-18)9-10-7-11(19)3-6-15(10)26-2/h3-8H,9H2,1-2H3,(H,22,25)/t18-/m1/s1. The van der Waals surface area contributed by atoms with E-state index < -0.39 is 29.1 Å². The van der Waals surface area contributed by atoms with Gasteiger partial charge in [0.15, 0.2) is 0 Å². The van der Waals surface area contributed by atoms with Gasteiger partial charge in [-0.05, 0) is 43.3 Å². The maximum Gasteiger partial charge on any atom is 0.325 e. The van der Waals surface area contributed by atoms with Crippen LogP contribution in [0.5, 0.6) is 5.75 Å². The first-order valence-electron chi connectivity index (χ1n) is 7.68. The summed E-state index contributed by atoms with van der Waals surface area (Å²) in [5.41, 5.74) is -1.45. The highest BCUT2D eigenvalue weighted by Gasteiger charge is 2.50. The topological polar surface area (TPSA) is 58.6 Å². The molecule has 0 aromatic heterocycles. The summed E-state index contributed by atoms with van der Waals surface area (Å²) in [6.07, 6.45) is 0. The van der Waals surface area contributed by atoms with Gasteiger partial charge in [0.05, 0.1) is 13.7 Å². The fourth-order valence-electron chi connectivity index (χ4n) is 2.94. The molecule has 1 N–H and O–H groups in total. The number of imide groups is 1. The smallest absolute Gasteiger partial charge is 0.325 e. The van der Waals surface area contributed by atoms with Crippen LogP contribution in [0.2, 0.25) is 5.02 Å². The van der Waals surface area contributed by atoms with Gasteiger partial charge in [-0.25, -0.2) is 13.6 Å². The van der Waals surface area contributed by atoms with Gasteiger partial charge in [0.1, 0.15) is 22.9 Å². The Morgan fingerprint density at radius 2 is 1.92 bits per heavy atom. The van der Waals surface area contributed by atoms with Gasteiger partial charge >= 0.3 is 6.03 Å². The van der Waals surface area contributed by atoms with Crippen molar-refractivity contribution in [1.82, 2.24) is 10.2 Å². The normalized spacial score (nSPS) is 19.7. The number of benzene rings is 2. The molecule has 0 radical (unpaired) electrons. The summed E-state index contributed by atoms with van der Waals surface area (Å²) in [5.74, 6) is -1.75. The number of hydrogen-bond acceptors (Lipinski definition) is 3. The number of halogens is 3. The van der Waals surface area contributed by atoms with E-state index in [0.29, 0.717) is 16.3 Å². The maximum atomic E-state index is 14.2. The number of rotatable bonds is 4. The monoisotopic (exact) mass is 380 g/mol. The van der Waals surface area contributed by atoms with Gasteiger partial charge in [0.25, 0.3) is 5.91 Å². The Morgan fingerprint density at radius 1 is 1.19 bits per heavy atom. The molecule has 1 aliphatic rings. The summed E-state index contributed by atoms with van der Waals surface area (Å²) in [7, 11) is 1.45. The molecule has 0 aliphatic carbocycles. The summed E-state index contributed by atoms with van der Waals surface area (Å²) in [6, 6.07) is 6.83. The zero-order valence-electron chi connectivity index (χ0n) is 14.0. The molecule has 3 rings (SSSR count). The number of nitrogens with zero attached hydrogens (tertiary/aromatic N) is 1. The van der Waals surface area contributed by atoms with E-state index in [4.69, 9.17) is 16.3 Å². The van der Waals surface area contributed by atoms with Crippen LogP contribution >= 0.6 is 11.6 Å². The molecule has 1 saturated heterocycles. The molecule has 0 bridgehead atoms. The molecule has 26 heavy (non-hydrogen) atoms. The average molecular weight is 381 g/mol. The molecule has 1 atom stereocenters. The fourth-order valence-corrected chi connectivity index (χ4v) is 3.14. The Labute approximate surface area is 153 Å². The predicted octanol–water partition coefficient (Wildman–Crippen LogP) is 3.59. The van der Waals surface area contributed by atoms with Gasteiger partial charge in [-0.15, -0.1) is 0 Å². The summed E-state index contributed by atoms with van der Waals surface area (Å²) >= 11 is 5.97. The number of amides is 3. The lowest BCUT2D eigenvalue weighted by atomic mass is 9.91. The molecule has 0 saturated carbocycles. The third-order valence-corrected chi connectivity index (χ3v) is 4.55. The van der Waals surface area contributed by atoms with Gasteiger partial charge in [0, 0.05) is 16.1 Å². The van der Waals surface area contributed by atoms with Crippen molar-refractivity contribution in [2.24, 2.45) is 0 Å². The number of carbonyl (C=O) groups is 2. The third kappa shape index (κ3) is 2.99. The quantitative estimate of drug-likeness (QED) is 0.824. The van der Waals surface area contributed by atoms with Crippen LogP contribution in [-0.4, -0.2) is 23.9 Å². The Kier molecular flexibility index (Phi) is 4.58. The number of nitrogens with one attached hydrogen (secondary N) is 1. The zero-order chi connectivity index (χ0) is 19.1. The highest BCUT2D eigenvalue weighted by atomic mass is 35.5. The van der Waals surface area contributed by atoms with Crippen molar-refractivity contribution in [2.45, 2.75) is 19.0 Å². The Balaban J connectivity index is 1.97. The van der Waals surface area contributed by atoms with Gasteiger partial charge in [-0.3, -0.25) is 9.69 Å². The lowest BCUT2D eigenvalue weighted by Crippen LogP contribution is -2.41. The lowest BCUT2D eigenvalue weighted by Gasteiger charge is -2.23. The minimum Gasteiger partial charge on any atom is -0.496 e. The van der Waals surface area contributed by atoms with Crippen molar-refractivity contribution in [3.05, 3.63) is 64.2 Å². The third-order valence-electron chi connectivity index (χ3n) is 4.31. The molecule has 3 amide bonds. The van der Waals surface area contributed by atoms with Crippen molar-refractivity contribution in [3.8, 4) is 5.75 Å². The average Bonchev–Trinajstić information content (AvgIpc) is 2.81. The van der Waals surface area contributed by atoms with Crippen LogP contribution in [0, 0.1) is 11.6 Å². The van der Waals surface area contributed by atoms with Gasteiger partial charge in [-0.2, -0.15) is 0 Å². The van der Waals surface area contributed by atoms with Gasteiger partial charge < -0.3 is 10.1 Å². The van der Waals surface area contributed by atoms with Crippen LogP contribution in [0.3, 0.4) is 0 Å². The van der Waals surface area contributed by atoms with E-state index in [2.05, 4.69) is 5.32 Å². The van der Waals surface area contributed by atoms with Crippen LogP contribution < -0.4 is 10.1 Å². The molecule has 1 aliphatic heterocycles. The van der Waals surface area contributed by atoms with Crippen molar-refractivity contribution >= 4 is 23.5 Å². The predicted molar refractivity (Wildman–Crippen MR) is 90.8 cm³/mol. The number of urea groups is 1. The fraction of sp³-hybridized carbons (Fsp3) is 0.222. The van der Waals surface area contributed by atoms with Crippen molar-refractivity contribution in [2.75, 3.05) is 7.11 Å². The molecule has 5 nitrogen and oxygen atoms in total. The van der Waals surface area contributed by atoms with Crippen LogP contribution in [0.4, 0.5) is 13.6 Å². The molecule has 0 spiro atoms. The van der Waals surface area contributed by atoms with E-state index in [1.54, 1.807) is 18.2 Å². The molecular formula is C18H15ClF2N2O3. The molecule has 2 aromatic rings. The van der Waals surface area contributed by atoms with Crippen molar-refractivity contribution in [1.29, 1.82) is 0 Å². The first-order valence-corrected chi connectivity index (χ1v) is 8.06. The lowest BCUT2D eigenvalue weighted by molar-refractivity contribution is -0.131. The molecule has 1 fully saturated rings. The summed E-state index contributed by atoms with van der Waals surface area (Å²) in [4.78, 5) is 26.1. The Hall–Kier alpha value is -2.67. The highest BCUT2D eigenvalue weighted by Crippen LogP contribution is 2.33. The number of hydrogen-bond donors (Lipinski definition) is 1. The van der Waals surface area contributed by atoms with E-state index in [-0.39, 0.29) is 12.1 Å². The van der Waals surface area contributed by atoms with E-state index in [1.807, 2.05) is 0 Å². The van der Waals surface area contributed by atoms with Crippen LogP contribution in [0.25, 0.3) is 0 Å². The van der Waals surface area contributed by atoms with E-state index >= 15 is 0 Å². The first kappa shape index (κ1) is 18.1. The zero-order valence-corrected chi connectivity index (χ0v) is 14.7. The van der Waals surface area contributed by atoms with Crippen molar-refractivity contribution < 1.29 is 23.1 Å². The van der Waals surface area contributed by atoms with E-state index in [0.717, 1.165) is 23.1 Å². The van der Waals surface area contributed by atoms with E-state index in [9.17, 15) is 18.4 Å². The molecule has 0 unspecified atom stereocenters. The largest absolute Gasteiger partial charge is 0.496 e. The number of methoxy groups -OCH3 is 1. The summed E-state index contributed by atoms with van der Waals surface area (Å²) in [6.45, 7) is 1.21. The number of carbonyl (C=O) groups excluding carboxylic acids is 2. The molecule has 8 heteroatoms. The summed E-state index contributed by atoms with van der Waals surface area (Å²) in [5, 5.41) is 2.85. The number of ether oxygens (including phenoxy) is 1. The Morgan fingerprint density at radius 3 is 2.62 bits per heavy atom. The Bertz CT molecular complexity index is 906. The summed E-state index contributed by atoms with van der Waals surface area (Å²) < 4.78 is 32.9. The second-order valence-electron chi connectivity index (χ2n) is 6.03.